The molecule has 0 amide bonds. The van der Waals surface area contributed by atoms with Crippen LogP contribution in [0, 0.1) is 11.8 Å². The van der Waals surface area contributed by atoms with Crippen LogP contribution in [0.25, 0.3) is 0 Å². The average Bonchev–Trinajstić information content (AvgIpc) is 2.45. The van der Waals surface area contributed by atoms with Gasteiger partial charge in [-0.2, -0.15) is 0 Å². The zero-order valence-electron chi connectivity index (χ0n) is 12.5. The highest BCUT2D eigenvalue weighted by atomic mass is 31.2. The summed E-state index contributed by atoms with van der Waals surface area (Å²) in [5.74, 6) is 0.474. The van der Waals surface area contributed by atoms with Crippen molar-refractivity contribution in [3.05, 3.63) is 0 Å². The normalized spacial score (nSPS) is 23.9. The summed E-state index contributed by atoms with van der Waals surface area (Å²) in [6.07, 6.45) is 12.6. The highest BCUT2D eigenvalue weighted by Gasteiger charge is 2.56. The fraction of sp³-hybridized carbons (Fsp3) is 1.00. The molecule has 1 unspecified atom stereocenters. The van der Waals surface area contributed by atoms with Crippen molar-refractivity contribution in [2.24, 2.45) is 11.8 Å². The van der Waals surface area contributed by atoms with Crippen LogP contribution >= 0.6 is 16.8 Å². The van der Waals surface area contributed by atoms with Gasteiger partial charge in [0.25, 0.3) is 0 Å². The Balaban J connectivity index is 2.34. The second-order valence-electron chi connectivity index (χ2n) is 6.74. The van der Waals surface area contributed by atoms with Crippen LogP contribution in [0.5, 0.6) is 0 Å². The SMILES string of the molecule is O=P(O)(O)C(CCP)(C1CCCCC1)C1CCCCC1. The molecule has 5 heteroatoms. The molecule has 0 aromatic rings. The first-order valence-electron chi connectivity index (χ1n) is 8.28. The minimum absolute atomic E-state index is 0.237. The van der Waals surface area contributed by atoms with Crippen molar-refractivity contribution in [3.8, 4) is 0 Å². The molecular formula is C15H30O3P2. The molecule has 0 aromatic heterocycles. The molecule has 2 aliphatic carbocycles. The van der Waals surface area contributed by atoms with Gasteiger partial charge in [0.15, 0.2) is 0 Å². The molecule has 0 aromatic carbocycles. The Morgan fingerprint density at radius 2 is 1.30 bits per heavy atom. The summed E-state index contributed by atoms with van der Waals surface area (Å²) in [5.41, 5.74) is 0. The van der Waals surface area contributed by atoms with Crippen LogP contribution in [0.3, 0.4) is 0 Å². The lowest BCUT2D eigenvalue weighted by atomic mass is 9.68. The fourth-order valence-corrected chi connectivity index (χ4v) is 7.41. The maximum atomic E-state index is 12.5. The number of hydrogen-bond acceptors (Lipinski definition) is 1. The standard InChI is InChI=1S/C15H30O3P2/c16-20(17,18)15(11-12-19,13-7-3-1-4-8-13)14-9-5-2-6-10-14/h13-14H,1-12,19H2,(H2,16,17,18). The molecule has 0 spiro atoms. The zero-order valence-corrected chi connectivity index (χ0v) is 14.5. The van der Waals surface area contributed by atoms with Gasteiger partial charge in [0, 0.05) is 0 Å². The maximum absolute atomic E-state index is 12.5. The van der Waals surface area contributed by atoms with Crippen molar-refractivity contribution in [2.45, 2.75) is 75.8 Å². The van der Waals surface area contributed by atoms with E-state index in [-0.39, 0.29) is 11.8 Å². The summed E-state index contributed by atoms with van der Waals surface area (Å²) in [6, 6.07) is 0. The Morgan fingerprint density at radius 3 is 1.60 bits per heavy atom. The summed E-state index contributed by atoms with van der Waals surface area (Å²) in [4.78, 5) is 20.5. The fourth-order valence-electron chi connectivity index (χ4n) is 4.80. The van der Waals surface area contributed by atoms with Crippen LogP contribution in [-0.2, 0) is 4.57 Å². The largest absolute Gasteiger partial charge is 0.332 e. The average molecular weight is 320 g/mol. The lowest BCUT2D eigenvalue weighted by Crippen LogP contribution is -2.47. The third-order valence-corrected chi connectivity index (χ3v) is 8.04. The highest BCUT2D eigenvalue weighted by Crippen LogP contribution is 2.65. The van der Waals surface area contributed by atoms with E-state index in [9.17, 15) is 14.4 Å². The van der Waals surface area contributed by atoms with Crippen molar-refractivity contribution in [3.63, 3.8) is 0 Å². The van der Waals surface area contributed by atoms with E-state index in [1.165, 1.54) is 12.8 Å². The van der Waals surface area contributed by atoms with E-state index < -0.39 is 12.8 Å². The molecule has 3 nitrogen and oxygen atoms in total. The van der Waals surface area contributed by atoms with E-state index in [1.54, 1.807) is 0 Å². The summed E-state index contributed by atoms with van der Waals surface area (Å²) >= 11 is 0. The van der Waals surface area contributed by atoms with Gasteiger partial charge in [-0.15, -0.1) is 9.24 Å². The number of hydrogen-bond donors (Lipinski definition) is 2. The quantitative estimate of drug-likeness (QED) is 0.741. The zero-order chi connectivity index (χ0) is 14.6. The summed E-state index contributed by atoms with van der Waals surface area (Å²) < 4.78 is 12.5. The second kappa shape index (κ2) is 7.23. The van der Waals surface area contributed by atoms with Crippen molar-refractivity contribution in [1.29, 1.82) is 0 Å². The van der Waals surface area contributed by atoms with Gasteiger partial charge in [-0.3, -0.25) is 4.57 Å². The Kier molecular flexibility index (Phi) is 6.12. The molecule has 20 heavy (non-hydrogen) atoms. The minimum atomic E-state index is -4.07. The first-order valence-corrected chi connectivity index (χ1v) is 10.7. The predicted octanol–water partition coefficient (Wildman–Crippen LogP) is 4.33. The molecule has 0 heterocycles. The van der Waals surface area contributed by atoms with Gasteiger partial charge in [0.2, 0.25) is 0 Å². The van der Waals surface area contributed by atoms with E-state index in [4.69, 9.17) is 0 Å². The third kappa shape index (κ3) is 3.32. The highest BCUT2D eigenvalue weighted by molar-refractivity contribution is 7.53. The van der Waals surface area contributed by atoms with Crippen molar-refractivity contribution in [2.75, 3.05) is 6.16 Å². The van der Waals surface area contributed by atoms with E-state index >= 15 is 0 Å². The van der Waals surface area contributed by atoms with Crippen LogP contribution in [0.4, 0.5) is 0 Å². The molecule has 0 radical (unpaired) electrons. The number of rotatable bonds is 5. The summed E-state index contributed by atoms with van der Waals surface area (Å²) in [5, 5.41) is -0.727. The summed E-state index contributed by atoms with van der Waals surface area (Å²) in [6.45, 7) is 0. The molecule has 2 saturated carbocycles. The lowest BCUT2D eigenvalue weighted by molar-refractivity contribution is 0.133. The Labute approximate surface area is 125 Å². The Morgan fingerprint density at radius 1 is 0.900 bits per heavy atom. The van der Waals surface area contributed by atoms with Crippen LogP contribution in [0.15, 0.2) is 0 Å². The van der Waals surface area contributed by atoms with Crippen LogP contribution < -0.4 is 0 Å². The van der Waals surface area contributed by atoms with Crippen molar-refractivity contribution in [1.82, 2.24) is 0 Å². The van der Waals surface area contributed by atoms with Gasteiger partial charge in [-0.25, -0.2) is 0 Å². The van der Waals surface area contributed by atoms with Gasteiger partial charge in [0.1, 0.15) is 0 Å². The molecule has 2 N–H and O–H groups in total. The van der Waals surface area contributed by atoms with Crippen LogP contribution in [-0.4, -0.2) is 21.1 Å². The van der Waals surface area contributed by atoms with E-state index in [0.717, 1.165) is 57.5 Å². The molecular weight excluding hydrogens is 290 g/mol. The van der Waals surface area contributed by atoms with Gasteiger partial charge in [-0.1, -0.05) is 38.5 Å². The predicted molar refractivity (Wildman–Crippen MR) is 87.1 cm³/mol. The van der Waals surface area contributed by atoms with Crippen LogP contribution in [0.2, 0.25) is 0 Å². The van der Waals surface area contributed by atoms with Gasteiger partial charge in [-0.05, 0) is 50.1 Å². The summed E-state index contributed by atoms with van der Waals surface area (Å²) in [7, 11) is -1.38. The van der Waals surface area contributed by atoms with E-state index in [0.29, 0.717) is 6.42 Å². The molecule has 0 bridgehead atoms. The Hall–Kier alpha value is 0.580. The van der Waals surface area contributed by atoms with Gasteiger partial charge >= 0.3 is 7.60 Å². The molecule has 2 rings (SSSR count). The van der Waals surface area contributed by atoms with E-state index in [1.807, 2.05) is 0 Å². The molecule has 0 aliphatic heterocycles. The van der Waals surface area contributed by atoms with Gasteiger partial charge in [0.05, 0.1) is 5.16 Å². The molecule has 2 aliphatic rings. The van der Waals surface area contributed by atoms with Crippen molar-refractivity contribution >= 4 is 16.8 Å². The molecule has 1 atom stereocenters. The molecule has 0 saturated heterocycles. The Bertz CT molecular complexity index is 323. The molecule has 2 fully saturated rings. The van der Waals surface area contributed by atoms with E-state index in [2.05, 4.69) is 9.24 Å². The first-order chi connectivity index (χ1) is 9.52. The second-order valence-corrected chi connectivity index (χ2v) is 9.24. The topological polar surface area (TPSA) is 57.5 Å². The monoisotopic (exact) mass is 320 g/mol. The minimum Gasteiger partial charge on any atom is -0.324 e. The maximum Gasteiger partial charge on any atom is 0.332 e. The first kappa shape index (κ1) is 16.9. The third-order valence-electron chi connectivity index (χ3n) is 5.71. The lowest BCUT2D eigenvalue weighted by Gasteiger charge is -2.49. The van der Waals surface area contributed by atoms with Crippen molar-refractivity contribution < 1.29 is 14.4 Å². The van der Waals surface area contributed by atoms with Crippen LogP contribution in [0.1, 0.15) is 70.6 Å². The van der Waals surface area contributed by atoms with Gasteiger partial charge < -0.3 is 9.79 Å². The smallest absolute Gasteiger partial charge is 0.324 e. The molecule has 118 valence electrons.